The zero-order chi connectivity index (χ0) is 11.8. The molecule has 0 saturated heterocycles. The SMILES string of the molecule is COC(=O)CCC(CC(=O)OC)C(C)=O. The minimum absolute atomic E-state index is 0.0167. The summed E-state index contributed by atoms with van der Waals surface area (Å²) in [6.45, 7) is 1.39. The molecule has 5 nitrogen and oxygen atoms in total. The third-order valence-corrected chi connectivity index (χ3v) is 2.14. The molecule has 0 aliphatic carbocycles. The van der Waals surface area contributed by atoms with Gasteiger partial charge in [0.25, 0.3) is 0 Å². The zero-order valence-electron chi connectivity index (χ0n) is 9.24. The summed E-state index contributed by atoms with van der Waals surface area (Å²) in [6, 6.07) is 0. The molecule has 1 atom stereocenters. The van der Waals surface area contributed by atoms with Crippen LogP contribution >= 0.6 is 0 Å². The highest BCUT2D eigenvalue weighted by atomic mass is 16.5. The van der Waals surface area contributed by atoms with Crippen LogP contribution in [0.3, 0.4) is 0 Å². The highest BCUT2D eigenvalue weighted by Gasteiger charge is 2.20. The van der Waals surface area contributed by atoms with E-state index in [9.17, 15) is 14.4 Å². The van der Waals surface area contributed by atoms with Crippen molar-refractivity contribution in [2.24, 2.45) is 5.92 Å². The molecular weight excluding hydrogens is 200 g/mol. The average molecular weight is 216 g/mol. The van der Waals surface area contributed by atoms with Crippen molar-refractivity contribution in [3.63, 3.8) is 0 Å². The lowest BCUT2D eigenvalue weighted by atomic mass is 9.95. The van der Waals surface area contributed by atoms with E-state index in [1.165, 1.54) is 21.1 Å². The van der Waals surface area contributed by atoms with Gasteiger partial charge in [0.05, 0.1) is 20.6 Å². The van der Waals surface area contributed by atoms with Gasteiger partial charge in [-0.3, -0.25) is 14.4 Å². The van der Waals surface area contributed by atoms with E-state index in [1.807, 2.05) is 0 Å². The molecule has 0 N–H and O–H groups in total. The number of carbonyl (C=O) groups is 3. The molecule has 0 aliphatic rings. The van der Waals surface area contributed by atoms with Crippen LogP contribution in [0.5, 0.6) is 0 Å². The Bertz CT molecular complexity index is 246. The second-order valence-electron chi connectivity index (χ2n) is 3.20. The van der Waals surface area contributed by atoms with Crippen LogP contribution in [0.25, 0.3) is 0 Å². The van der Waals surface area contributed by atoms with Crippen LogP contribution in [0.2, 0.25) is 0 Å². The number of ether oxygens (including phenoxy) is 2. The first-order chi connectivity index (χ1) is 7.01. The number of methoxy groups -OCH3 is 2. The van der Waals surface area contributed by atoms with Gasteiger partial charge in [-0.1, -0.05) is 0 Å². The van der Waals surface area contributed by atoms with E-state index in [-0.39, 0.29) is 24.6 Å². The van der Waals surface area contributed by atoms with E-state index in [0.29, 0.717) is 6.42 Å². The van der Waals surface area contributed by atoms with Gasteiger partial charge in [-0.05, 0) is 13.3 Å². The molecule has 15 heavy (non-hydrogen) atoms. The van der Waals surface area contributed by atoms with Crippen LogP contribution in [-0.2, 0) is 23.9 Å². The normalized spacial score (nSPS) is 11.7. The lowest BCUT2D eigenvalue weighted by Gasteiger charge is -2.10. The smallest absolute Gasteiger partial charge is 0.306 e. The summed E-state index contributed by atoms with van der Waals surface area (Å²) >= 11 is 0. The number of esters is 2. The van der Waals surface area contributed by atoms with Crippen molar-refractivity contribution in [1.82, 2.24) is 0 Å². The Kier molecular flexibility index (Phi) is 6.33. The molecule has 0 bridgehead atoms. The second-order valence-corrected chi connectivity index (χ2v) is 3.20. The molecule has 5 heteroatoms. The van der Waals surface area contributed by atoms with E-state index in [0.717, 1.165) is 0 Å². The van der Waals surface area contributed by atoms with Gasteiger partial charge in [0.1, 0.15) is 5.78 Å². The number of ketones is 1. The fourth-order valence-corrected chi connectivity index (χ4v) is 1.13. The van der Waals surface area contributed by atoms with Crippen LogP contribution < -0.4 is 0 Å². The maximum Gasteiger partial charge on any atom is 0.306 e. The monoisotopic (exact) mass is 216 g/mol. The first kappa shape index (κ1) is 13.6. The van der Waals surface area contributed by atoms with E-state index in [2.05, 4.69) is 9.47 Å². The number of hydrogen-bond donors (Lipinski definition) is 0. The molecular formula is C10H16O5. The third-order valence-electron chi connectivity index (χ3n) is 2.14. The maximum absolute atomic E-state index is 11.1. The fourth-order valence-electron chi connectivity index (χ4n) is 1.13. The summed E-state index contributed by atoms with van der Waals surface area (Å²) in [7, 11) is 2.55. The summed E-state index contributed by atoms with van der Waals surface area (Å²) in [5, 5.41) is 0. The summed E-state index contributed by atoms with van der Waals surface area (Å²) in [6.07, 6.45) is 0.470. The van der Waals surface area contributed by atoms with E-state index < -0.39 is 11.9 Å². The molecule has 1 unspecified atom stereocenters. The third kappa shape index (κ3) is 5.83. The summed E-state index contributed by atoms with van der Waals surface area (Å²) in [5.41, 5.74) is 0. The van der Waals surface area contributed by atoms with Crippen LogP contribution in [0.15, 0.2) is 0 Å². The fraction of sp³-hybridized carbons (Fsp3) is 0.700. The van der Waals surface area contributed by atoms with Gasteiger partial charge in [-0.15, -0.1) is 0 Å². The summed E-state index contributed by atoms with van der Waals surface area (Å²) in [4.78, 5) is 32.9. The van der Waals surface area contributed by atoms with Gasteiger partial charge < -0.3 is 9.47 Å². The number of Topliss-reactive ketones (excluding diaryl/α,β-unsaturated/α-hetero) is 1. The number of carbonyl (C=O) groups excluding carboxylic acids is 3. The van der Waals surface area contributed by atoms with Gasteiger partial charge in [0.2, 0.25) is 0 Å². The molecule has 0 aliphatic heterocycles. The molecule has 0 spiro atoms. The van der Waals surface area contributed by atoms with Gasteiger partial charge in [0, 0.05) is 12.3 Å². The molecule has 0 saturated carbocycles. The quantitative estimate of drug-likeness (QED) is 0.611. The molecule has 0 radical (unpaired) electrons. The van der Waals surface area contributed by atoms with Gasteiger partial charge in [-0.25, -0.2) is 0 Å². The Balaban J connectivity index is 4.11. The lowest BCUT2D eigenvalue weighted by molar-refractivity contribution is -0.145. The van der Waals surface area contributed by atoms with E-state index in [4.69, 9.17) is 0 Å². The summed E-state index contributed by atoms with van der Waals surface area (Å²) in [5.74, 6) is -1.41. The Morgan fingerprint density at radius 1 is 1.07 bits per heavy atom. The van der Waals surface area contributed by atoms with E-state index >= 15 is 0 Å². The van der Waals surface area contributed by atoms with Gasteiger partial charge in [0.15, 0.2) is 0 Å². The molecule has 0 aromatic rings. The first-order valence-corrected chi connectivity index (χ1v) is 4.65. The molecule has 0 aromatic carbocycles. The van der Waals surface area contributed by atoms with Crippen molar-refractivity contribution in [2.75, 3.05) is 14.2 Å². The molecule has 0 heterocycles. The Morgan fingerprint density at radius 2 is 1.60 bits per heavy atom. The maximum atomic E-state index is 11.1. The van der Waals surface area contributed by atoms with Gasteiger partial charge >= 0.3 is 11.9 Å². The topological polar surface area (TPSA) is 69.7 Å². The van der Waals surface area contributed by atoms with Crippen molar-refractivity contribution in [3.05, 3.63) is 0 Å². The number of hydrogen-bond acceptors (Lipinski definition) is 5. The Morgan fingerprint density at radius 3 is 2.00 bits per heavy atom. The molecule has 86 valence electrons. The highest BCUT2D eigenvalue weighted by Crippen LogP contribution is 2.13. The van der Waals surface area contributed by atoms with Crippen molar-refractivity contribution in [2.45, 2.75) is 26.2 Å². The highest BCUT2D eigenvalue weighted by molar-refractivity contribution is 5.84. The largest absolute Gasteiger partial charge is 0.469 e. The predicted octanol–water partition coefficient (Wildman–Crippen LogP) is 0.708. The second kappa shape index (κ2) is 6.98. The zero-order valence-corrected chi connectivity index (χ0v) is 9.24. The van der Waals surface area contributed by atoms with Crippen LogP contribution in [0.1, 0.15) is 26.2 Å². The standard InChI is InChI=1S/C10H16O5/c1-7(11)8(6-10(13)15-3)4-5-9(12)14-2/h8H,4-6H2,1-3H3. The number of rotatable bonds is 6. The molecule has 0 amide bonds. The van der Waals surface area contributed by atoms with Gasteiger partial charge in [-0.2, -0.15) is 0 Å². The predicted molar refractivity (Wildman–Crippen MR) is 52.1 cm³/mol. The Labute approximate surface area is 88.7 Å². The molecule has 0 aromatic heterocycles. The van der Waals surface area contributed by atoms with Crippen molar-refractivity contribution < 1.29 is 23.9 Å². The summed E-state index contributed by atoms with van der Waals surface area (Å²) < 4.78 is 8.90. The van der Waals surface area contributed by atoms with Crippen molar-refractivity contribution in [3.8, 4) is 0 Å². The van der Waals surface area contributed by atoms with Crippen molar-refractivity contribution in [1.29, 1.82) is 0 Å². The minimum Gasteiger partial charge on any atom is -0.469 e. The van der Waals surface area contributed by atoms with E-state index in [1.54, 1.807) is 0 Å². The van der Waals surface area contributed by atoms with Crippen LogP contribution in [-0.4, -0.2) is 31.9 Å². The Hall–Kier alpha value is -1.39. The van der Waals surface area contributed by atoms with Crippen LogP contribution in [0, 0.1) is 5.92 Å². The van der Waals surface area contributed by atoms with Crippen molar-refractivity contribution >= 4 is 17.7 Å². The molecule has 0 fully saturated rings. The first-order valence-electron chi connectivity index (χ1n) is 4.65. The minimum atomic E-state index is -0.462. The van der Waals surface area contributed by atoms with Crippen LogP contribution in [0.4, 0.5) is 0 Å². The average Bonchev–Trinajstić information content (AvgIpc) is 2.22. The lowest BCUT2D eigenvalue weighted by Crippen LogP contribution is -2.18. The molecule has 0 rings (SSSR count).